The molecule has 0 radical (unpaired) electrons. The molecule has 6 N–H and O–H groups in total. The first-order valence-electron chi connectivity index (χ1n) is 10.1. The number of hydrogen-bond acceptors (Lipinski definition) is 10. The molecule has 10 nitrogen and oxygen atoms in total. The van der Waals surface area contributed by atoms with Gasteiger partial charge in [0.2, 0.25) is 10.0 Å². The number of phenols is 1. The number of benzene rings is 1. The lowest BCUT2D eigenvalue weighted by Crippen LogP contribution is -2.45. The predicted octanol–water partition coefficient (Wildman–Crippen LogP) is 1.55. The van der Waals surface area contributed by atoms with Gasteiger partial charge < -0.3 is 20.6 Å². The molecule has 0 aliphatic carbocycles. The summed E-state index contributed by atoms with van der Waals surface area (Å²) >= 11 is 1.09. The normalized spacial score (nSPS) is 12.8. The summed E-state index contributed by atoms with van der Waals surface area (Å²) in [5, 5.41) is 10.5. The Bertz CT molecular complexity index is 1240. The summed E-state index contributed by atoms with van der Waals surface area (Å²) in [5.74, 6) is 5.53. The molecule has 3 aromatic rings. The van der Waals surface area contributed by atoms with Crippen LogP contribution in [0.2, 0.25) is 0 Å². The monoisotopic (exact) mass is 503 g/mol. The third kappa shape index (κ3) is 6.54. The van der Waals surface area contributed by atoms with Gasteiger partial charge in [-0.15, -0.1) is 11.3 Å². The largest absolute Gasteiger partial charge is 0.508 e. The van der Waals surface area contributed by atoms with Crippen LogP contribution in [0.1, 0.15) is 5.56 Å². The number of sulfonamides is 1. The molecule has 1 atom stereocenters. The third-order valence-electron chi connectivity index (χ3n) is 4.74. The highest BCUT2D eigenvalue weighted by Gasteiger charge is 2.24. The quantitative estimate of drug-likeness (QED) is 0.183. The fourth-order valence-electron chi connectivity index (χ4n) is 2.99. The molecule has 1 aromatic carbocycles. The first-order chi connectivity index (χ1) is 16.2. The molecule has 0 unspecified atom stereocenters. The molecule has 34 heavy (non-hydrogen) atoms. The van der Waals surface area contributed by atoms with Crippen LogP contribution in [0.15, 0.2) is 76.9 Å². The third-order valence-corrected chi connectivity index (χ3v) is 7.74. The fourth-order valence-corrected chi connectivity index (χ4v) is 5.33. The van der Waals surface area contributed by atoms with E-state index < -0.39 is 22.0 Å². The van der Waals surface area contributed by atoms with Gasteiger partial charge in [0.15, 0.2) is 0 Å². The standard InChI is InChI=1S/C22H25N5O5S2/c1-32-22(29)19(12-15-5-7-17(28)8-6-15)27(24)14-16(23)13-26-34(30,31)21-10-9-20(33-21)18-4-2-3-11-25-18/h2-11,14,19,26,28H,12-13,23-24H2,1H3/b16-14-/t19-/m1/s1. The van der Waals surface area contributed by atoms with Gasteiger partial charge >= 0.3 is 5.97 Å². The lowest BCUT2D eigenvalue weighted by molar-refractivity contribution is -0.146. The van der Waals surface area contributed by atoms with Gasteiger partial charge in [0.05, 0.1) is 24.2 Å². The lowest BCUT2D eigenvalue weighted by atomic mass is 10.1. The maximum absolute atomic E-state index is 12.7. The van der Waals surface area contributed by atoms with Crippen LogP contribution in [0.4, 0.5) is 0 Å². The Morgan fingerprint density at radius 1 is 1.24 bits per heavy atom. The molecule has 0 amide bonds. The highest BCUT2D eigenvalue weighted by molar-refractivity contribution is 7.91. The number of pyridine rings is 1. The van der Waals surface area contributed by atoms with Crippen LogP contribution in [0.3, 0.4) is 0 Å². The summed E-state index contributed by atoms with van der Waals surface area (Å²) in [6, 6.07) is 14.0. The summed E-state index contributed by atoms with van der Waals surface area (Å²) in [5.41, 5.74) is 7.47. The number of thiophene rings is 1. The van der Waals surface area contributed by atoms with Crippen molar-refractivity contribution in [1.82, 2.24) is 14.7 Å². The molecule has 0 bridgehead atoms. The van der Waals surface area contributed by atoms with Gasteiger partial charge in [-0.05, 0) is 42.0 Å². The van der Waals surface area contributed by atoms with Crippen molar-refractivity contribution in [2.75, 3.05) is 13.7 Å². The SMILES string of the molecule is COC(=O)[C@@H](Cc1ccc(O)cc1)N(N)/C=C(\N)CNS(=O)(=O)c1ccc(-c2ccccn2)s1. The number of carbonyl (C=O) groups excluding carboxylic acids is 1. The summed E-state index contributed by atoms with van der Waals surface area (Å²) in [7, 11) is -2.59. The van der Waals surface area contributed by atoms with Gasteiger partial charge in [-0.25, -0.2) is 23.8 Å². The predicted molar refractivity (Wildman–Crippen MR) is 129 cm³/mol. The molecule has 0 aliphatic heterocycles. The van der Waals surface area contributed by atoms with Crippen LogP contribution in [-0.2, 0) is 26.0 Å². The van der Waals surface area contributed by atoms with Crippen molar-refractivity contribution in [1.29, 1.82) is 0 Å². The number of nitrogens with two attached hydrogens (primary N) is 2. The molecule has 0 saturated heterocycles. The van der Waals surface area contributed by atoms with E-state index >= 15 is 0 Å². The minimum absolute atomic E-state index is 0.0900. The maximum Gasteiger partial charge on any atom is 0.330 e. The number of esters is 1. The number of aromatic hydroxyl groups is 1. The molecule has 0 aliphatic rings. The van der Waals surface area contributed by atoms with Gasteiger partial charge in [0.25, 0.3) is 0 Å². The van der Waals surface area contributed by atoms with Crippen molar-refractivity contribution in [2.24, 2.45) is 11.6 Å². The van der Waals surface area contributed by atoms with Crippen LogP contribution in [-0.4, -0.2) is 49.2 Å². The first kappa shape index (κ1) is 25.2. The highest BCUT2D eigenvalue weighted by atomic mass is 32.2. The van der Waals surface area contributed by atoms with Crippen LogP contribution in [0.25, 0.3) is 10.6 Å². The number of phenolic OH excluding ortho intramolecular Hbond substituents is 1. The number of nitrogens with one attached hydrogen (secondary N) is 1. The molecular weight excluding hydrogens is 478 g/mol. The Morgan fingerprint density at radius 2 is 1.97 bits per heavy atom. The van der Waals surface area contributed by atoms with E-state index in [-0.39, 0.29) is 28.6 Å². The minimum atomic E-state index is -3.83. The topological polar surface area (TPSA) is 161 Å². The van der Waals surface area contributed by atoms with E-state index in [2.05, 4.69) is 9.71 Å². The highest BCUT2D eigenvalue weighted by Crippen LogP contribution is 2.29. The lowest BCUT2D eigenvalue weighted by Gasteiger charge is -2.24. The zero-order valence-corrected chi connectivity index (χ0v) is 19.9. The molecule has 3 rings (SSSR count). The molecule has 180 valence electrons. The Morgan fingerprint density at radius 3 is 2.62 bits per heavy atom. The first-order valence-corrected chi connectivity index (χ1v) is 12.4. The molecule has 0 spiro atoms. The Balaban J connectivity index is 1.67. The molecule has 12 heteroatoms. The fraction of sp³-hybridized carbons (Fsp3) is 0.182. The molecule has 2 heterocycles. The van der Waals surface area contributed by atoms with Gasteiger partial charge in [0, 0.05) is 24.5 Å². The van der Waals surface area contributed by atoms with E-state index in [0.29, 0.717) is 10.6 Å². The van der Waals surface area contributed by atoms with Crippen LogP contribution in [0.5, 0.6) is 5.75 Å². The summed E-state index contributed by atoms with van der Waals surface area (Å²) < 4.78 is 32.7. The van der Waals surface area contributed by atoms with Gasteiger partial charge in [-0.3, -0.25) is 4.98 Å². The molecule has 0 saturated carbocycles. The zero-order chi connectivity index (χ0) is 24.7. The number of methoxy groups -OCH3 is 1. The van der Waals surface area contributed by atoms with Crippen LogP contribution < -0.4 is 16.3 Å². The van der Waals surface area contributed by atoms with Crippen molar-refractivity contribution in [3.8, 4) is 16.3 Å². The number of nitrogens with zero attached hydrogens (tertiary/aromatic N) is 2. The van der Waals surface area contributed by atoms with Gasteiger partial charge in [-0.2, -0.15) is 0 Å². The van der Waals surface area contributed by atoms with E-state index in [9.17, 15) is 18.3 Å². The number of rotatable bonds is 10. The van der Waals surface area contributed by atoms with Crippen LogP contribution >= 0.6 is 11.3 Å². The van der Waals surface area contributed by atoms with Crippen molar-refractivity contribution in [3.05, 3.63) is 78.3 Å². The van der Waals surface area contributed by atoms with E-state index in [0.717, 1.165) is 21.9 Å². The van der Waals surface area contributed by atoms with Crippen molar-refractivity contribution >= 4 is 27.3 Å². The summed E-state index contributed by atoms with van der Waals surface area (Å²) in [6.45, 7) is -0.222. The van der Waals surface area contributed by atoms with Crippen molar-refractivity contribution < 1.29 is 23.1 Å². The van der Waals surface area contributed by atoms with Gasteiger partial charge in [-0.1, -0.05) is 18.2 Å². The van der Waals surface area contributed by atoms with E-state index in [1.54, 1.807) is 36.5 Å². The number of hydrazine groups is 1. The van der Waals surface area contributed by atoms with E-state index in [1.807, 2.05) is 6.07 Å². The maximum atomic E-state index is 12.7. The summed E-state index contributed by atoms with van der Waals surface area (Å²) in [6.07, 6.45) is 3.09. The number of ether oxygens (including phenoxy) is 1. The number of aromatic nitrogens is 1. The van der Waals surface area contributed by atoms with E-state index in [1.165, 1.54) is 31.5 Å². The van der Waals surface area contributed by atoms with E-state index in [4.69, 9.17) is 16.3 Å². The summed E-state index contributed by atoms with van der Waals surface area (Å²) in [4.78, 5) is 17.2. The molecular formula is C22H25N5O5S2. The van der Waals surface area contributed by atoms with Crippen molar-refractivity contribution in [3.63, 3.8) is 0 Å². The second-order valence-corrected chi connectivity index (χ2v) is 10.3. The Kier molecular flexibility index (Phi) is 8.23. The molecule has 0 fully saturated rings. The average Bonchev–Trinajstić information content (AvgIpc) is 3.34. The molecule has 2 aromatic heterocycles. The Labute approximate surface area is 201 Å². The second-order valence-electron chi connectivity index (χ2n) is 7.22. The minimum Gasteiger partial charge on any atom is -0.508 e. The van der Waals surface area contributed by atoms with Crippen LogP contribution in [0, 0.1) is 0 Å². The van der Waals surface area contributed by atoms with Crippen molar-refractivity contribution in [2.45, 2.75) is 16.7 Å². The Hall–Kier alpha value is -3.45. The number of hydrogen-bond donors (Lipinski definition) is 4. The second kappa shape index (κ2) is 11.1. The zero-order valence-electron chi connectivity index (χ0n) is 18.3. The van der Waals surface area contributed by atoms with Gasteiger partial charge in [0.1, 0.15) is 16.0 Å². The smallest absolute Gasteiger partial charge is 0.330 e. The number of carbonyl (C=O) groups is 1. The average molecular weight is 504 g/mol.